The van der Waals surface area contributed by atoms with Crippen molar-refractivity contribution in [1.82, 2.24) is 15.0 Å². The molecule has 10 heteroatoms. The summed E-state index contributed by atoms with van der Waals surface area (Å²) in [6, 6.07) is 21.2. The topological polar surface area (TPSA) is 125 Å². The van der Waals surface area contributed by atoms with Gasteiger partial charge >= 0.3 is 5.97 Å². The van der Waals surface area contributed by atoms with Crippen LogP contribution in [-0.4, -0.2) is 38.5 Å². The van der Waals surface area contributed by atoms with Crippen LogP contribution in [0, 0.1) is 5.92 Å². The number of halogens is 1. The largest absolute Gasteiger partial charge is 0.493 e. The van der Waals surface area contributed by atoms with Crippen molar-refractivity contribution in [3.63, 3.8) is 0 Å². The van der Waals surface area contributed by atoms with Gasteiger partial charge in [-0.2, -0.15) is 0 Å². The molecule has 0 amide bonds. The fraction of sp³-hybridized carbons (Fsp3) is 0.207. The monoisotopic (exact) mass is 545 g/mol. The van der Waals surface area contributed by atoms with Crippen molar-refractivity contribution >= 4 is 45.2 Å². The molecule has 3 aromatic carbocycles. The van der Waals surface area contributed by atoms with Crippen molar-refractivity contribution in [3.05, 3.63) is 99.5 Å². The number of hydrogen-bond donors (Lipinski definition) is 1. The minimum atomic E-state index is -1.14. The number of hydrogen-bond acceptors (Lipinski definition) is 7. The predicted molar refractivity (Wildman–Crippen MR) is 145 cm³/mol. The Bertz CT molecular complexity index is 1730. The van der Waals surface area contributed by atoms with Crippen LogP contribution in [0.3, 0.4) is 0 Å². The summed E-state index contributed by atoms with van der Waals surface area (Å²) in [5.41, 5.74) is 1.57. The van der Waals surface area contributed by atoms with Crippen LogP contribution in [0.5, 0.6) is 5.75 Å². The van der Waals surface area contributed by atoms with Crippen molar-refractivity contribution < 1.29 is 23.8 Å². The van der Waals surface area contributed by atoms with Crippen LogP contribution in [0.25, 0.3) is 21.9 Å². The van der Waals surface area contributed by atoms with Gasteiger partial charge in [-0.15, -0.1) is 5.10 Å². The minimum absolute atomic E-state index is 0.00986. The Balaban J connectivity index is 1.23. The Kier molecular flexibility index (Phi) is 7.69. The van der Waals surface area contributed by atoms with Gasteiger partial charge in [0.05, 0.1) is 17.9 Å². The average molecular weight is 546 g/mol. The van der Waals surface area contributed by atoms with Gasteiger partial charge in [0.1, 0.15) is 16.8 Å². The number of furan rings is 1. The Morgan fingerprint density at radius 3 is 2.67 bits per heavy atom. The van der Waals surface area contributed by atoms with E-state index in [1.165, 1.54) is 0 Å². The van der Waals surface area contributed by atoms with E-state index in [1.807, 2.05) is 24.3 Å². The van der Waals surface area contributed by atoms with Crippen LogP contribution in [-0.2, 0) is 17.8 Å². The molecule has 0 saturated heterocycles. The molecule has 1 atom stereocenters. The zero-order valence-corrected chi connectivity index (χ0v) is 21.5. The lowest BCUT2D eigenvalue weighted by atomic mass is 9.98. The first-order chi connectivity index (χ1) is 18.9. The number of ketones is 1. The molecule has 1 N–H and O–H groups in total. The number of rotatable bonds is 11. The van der Waals surface area contributed by atoms with Crippen molar-refractivity contribution in [1.29, 1.82) is 0 Å². The number of nitrogens with zero attached hydrogens (tertiary/aromatic N) is 3. The summed E-state index contributed by atoms with van der Waals surface area (Å²) in [6.45, 7) is 0.430. The molecular formula is C29H24ClN3O6. The minimum Gasteiger partial charge on any atom is -0.493 e. The number of carbonyl (C=O) groups excluding carboxylic acids is 1. The zero-order valence-electron chi connectivity index (χ0n) is 20.7. The molecule has 0 radical (unpaired) electrons. The first-order valence-corrected chi connectivity index (χ1v) is 12.7. The maximum absolute atomic E-state index is 12.9. The number of carboxylic acids is 1. The van der Waals surface area contributed by atoms with Gasteiger partial charge in [0.15, 0.2) is 11.5 Å². The summed E-state index contributed by atoms with van der Waals surface area (Å²) in [4.78, 5) is 37.5. The molecule has 1 unspecified atom stereocenters. The fourth-order valence-electron chi connectivity index (χ4n) is 4.31. The molecule has 198 valence electrons. The standard InChI is InChI=1S/C29H24ClN3O6/c30-23-7-3-1-5-18(23)12-14-38-21-9-10-26-20(15-21)17-27(39-26)25(34)16-19(29(36)37)11-13-33-28(35)22-6-2-4-8-24(22)31-32-33/h1-10,15,17,19H,11-14,16H2,(H,36,37). The Morgan fingerprint density at radius 1 is 1.05 bits per heavy atom. The van der Waals surface area contributed by atoms with E-state index in [1.54, 1.807) is 48.5 Å². The summed E-state index contributed by atoms with van der Waals surface area (Å²) in [6.07, 6.45) is 0.379. The van der Waals surface area contributed by atoms with E-state index < -0.39 is 17.7 Å². The number of Topliss-reactive ketones (excluding diaryl/α,β-unsaturated/α-hetero) is 1. The first kappa shape index (κ1) is 26.1. The predicted octanol–water partition coefficient (Wildman–Crippen LogP) is 5.18. The van der Waals surface area contributed by atoms with Crippen LogP contribution in [0.15, 0.2) is 82.0 Å². The number of ether oxygens (including phenoxy) is 1. The molecule has 0 aliphatic heterocycles. The third-order valence-corrected chi connectivity index (χ3v) is 6.83. The number of aryl methyl sites for hydroxylation is 1. The molecule has 0 aliphatic rings. The van der Waals surface area contributed by atoms with E-state index in [-0.39, 0.29) is 30.7 Å². The zero-order chi connectivity index (χ0) is 27.4. The van der Waals surface area contributed by atoms with Crippen LogP contribution in [0.4, 0.5) is 0 Å². The number of aromatic nitrogens is 3. The molecule has 0 fully saturated rings. The average Bonchev–Trinajstić information content (AvgIpc) is 3.37. The maximum Gasteiger partial charge on any atom is 0.307 e. The van der Waals surface area contributed by atoms with E-state index in [2.05, 4.69) is 10.3 Å². The maximum atomic E-state index is 12.9. The van der Waals surface area contributed by atoms with Gasteiger partial charge in [0.25, 0.3) is 5.56 Å². The van der Waals surface area contributed by atoms with E-state index in [0.29, 0.717) is 45.7 Å². The van der Waals surface area contributed by atoms with Crippen molar-refractivity contribution in [2.24, 2.45) is 5.92 Å². The lowest BCUT2D eigenvalue weighted by Crippen LogP contribution is -2.27. The second kappa shape index (κ2) is 11.5. The third kappa shape index (κ3) is 5.99. The highest BCUT2D eigenvalue weighted by molar-refractivity contribution is 6.31. The molecule has 0 spiro atoms. The number of fused-ring (bicyclic) bond motifs is 2. The van der Waals surface area contributed by atoms with Crippen molar-refractivity contribution in [2.45, 2.75) is 25.8 Å². The van der Waals surface area contributed by atoms with Crippen molar-refractivity contribution in [3.8, 4) is 5.75 Å². The van der Waals surface area contributed by atoms with Gasteiger partial charge in [-0.25, -0.2) is 4.68 Å². The third-order valence-electron chi connectivity index (χ3n) is 6.46. The fourth-order valence-corrected chi connectivity index (χ4v) is 4.54. The number of aliphatic carboxylic acids is 1. The van der Waals surface area contributed by atoms with Crippen LogP contribution in [0.2, 0.25) is 5.02 Å². The molecule has 2 aromatic heterocycles. The van der Waals surface area contributed by atoms with Gasteiger partial charge in [-0.05, 0) is 54.4 Å². The van der Waals surface area contributed by atoms with Gasteiger partial charge in [0.2, 0.25) is 0 Å². The Labute approximate surface area is 227 Å². The highest BCUT2D eigenvalue weighted by Crippen LogP contribution is 2.26. The normalized spacial score (nSPS) is 12.0. The highest BCUT2D eigenvalue weighted by atomic mass is 35.5. The lowest BCUT2D eigenvalue weighted by Gasteiger charge is -2.11. The number of carbonyl (C=O) groups is 2. The SMILES string of the molecule is O=C(CC(CCn1nnc2ccccc2c1=O)C(=O)O)c1cc2cc(OCCc3ccccc3Cl)ccc2o1. The van der Waals surface area contributed by atoms with Gasteiger partial charge in [-0.1, -0.05) is 47.1 Å². The van der Waals surface area contributed by atoms with Gasteiger partial charge in [-0.3, -0.25) is 14.4 Å². The molecule has 9 nitrogen and oxygen atoms in total. The smallest absolute Gasteiger partial charge is 0.307 e. The van der Waals surface area contributed by atoms with Crippen LogP contribution < -0.4 is 10.3 Å². The van der Waals surface area contributed by atoms with E-state index in [0.717, 1.165) is 10.2 Å². The number of carboxylic acid groups (broad SMARTS) is 1. The molecule has 0 aliphatic carbocycles. The van der Waals surface area contributed by atoms with Crippen LogP contribution in [0.1, 0.15) is 29.0 Å². The second-order valence-electron chi connectivity index (χ2n) is 9.09. The second-order valence-corrected chi connectivity index (χ2v) is 9.49. The summed E-state index contributed by atoms with van der Waals surface area (Å²) in [5, 5.41) is 19.4. The lowest BCUT2D eigenvalue weighted by molar-refractivity contribution is -0.142. The summed E-state index contributed by atoms with van der Waals surface area (Å²) in [5.74, 6) is -1.95. The van der Waals surface area contributed by atoms with E-state index in [4.69, 9.17) is 20.8 Å². The summed E-state index contributed by atoms with van der Waals surface area (Å²) in [7, 11) is 0. The number of benzene rings is 3. The van der Waals surface area contributed by atoms with Crippen molar-refractivity contribution in [2.75, 3.05) is 6.61 Å². The van der Waals surface area contributed by atoms with Gasteiger partial charge < -0.3 is 14.3 Å². The molecule has 0 saturated carbocycles. The van der Waals surface area contributed by atoms with E-state index >= 15 is 0 Å². The summed E-state index contributed by atoms with van der Waals surface area (Å²) >= 11 is 6.19. The van der Waals surface area contributed by atoms with E-state index in [9.17, 15) is 19.5 Å². The molecule has 0 bridgehead atoms. The molecule has 39 heavy (non-hydrogen) atoms. The highest BCUT2D eigenvalue weighted by Gasteiger charge is 2.24. The van der Waals surface area contributed by atoms with Crippen LogP contribution >= 0.6 is 11.6 Å². The first-order valence-electron chi connectivity index (χ1n) is 12.4. The molecule has 2 heterocycles. The molecule has 5 rings (SSSR count). The molecule has 5 aromatic rings. The summed E-state index contributed by atoms with van der Waals surface area (Å²) < 4.78 is 12.7. The molecular weight excluding hydrogens is 522 g/mol. The van der Waals surface area contributed by atoms with Gasteiger partial charge in [0, 0.05) is 29.8 Å². The Hall–Kier alpha value is -4.50. The quantitative estimate of drug-likeness (QED) is 0.225. The Morgan fingerprint density at radius 2 is 1.85 bits per heavy atom.